The molecule has 1 aliphatic rings. The van der Waals surface area contributed by atoms with Crippen LogP contribution in [-0.2, 0) is 15.7 Å². The lowest BCUT2D eigenvalue weighted by atomic mass is 10.1. The molecule has 0 N–H and O–H groups in total. The summed E-state index contributed by atoms with van der Waals surface area (Å²) in [6.45, 7) is 0.812. The number of ether oxygens (including phenoxy) is 2. The van der Waals surface area contributed by atoms with E-state index in [4.69, 9.17) is 9.47 Å². The summed E-state index contributed by atoms with van der Waals surface area (Å²) in [4.78, 5) is 11.7. The maximum atomic E-state index is 13.5. The van der Waals surface area contributed by atoms with Crippen LogP contribution >= 0.6 is 0 Å². The molecule has 7 heteroatoms. The third kappa shape index (κ3) is 3.47. The van der Waals surface area contributed by atoms with Crippen LogP contribution in [0.15, 0.2) is 18.2 Å². The second-order valence-corrected chi connectivity index (χ2v) is 4.41. The zero-order valence-electron chi connectivity index (χ0n) is 10.4. The quantitative estimate of drug-likeness (QED) is 0.620. The van der Waals surface area contributed by atoms with Crippen molar-refractivity contribution in [2.24, 2.45) is 0 Å². The Balaban J connectivity index is 2.16. The fraction of sp³-hybridized carbons (Fsp3) is 0.462. The summed E-state index contributed by atoms with van der Waals surface area (Å²) >= 11 is 0. The van der Waals surface area contributed by atoms with Crippen molar-refractivity contribution in [3.8, 4) is 0 Å². The molecule has 0 aliphatic carbocycles. The molecule has 1 aromatic carbocycles. The smallest absolute Gasteiger partial charge is 0.416 e. The Labute approximate surface area is 112 Å². The van der Waals surface area contributed by atoms with Crippen LogP contribution in [0.2, 0.25) is 0 Å². The Morgan fingerprint density at radius 1 is 1.25 bits per heavy atom. The van der Waals surface area contributed by atoms with Crippen LogP contribution in [0.4, 0.5) is 17.6 Å². The van der Waals surface area contributed by atoms with Crippen molar-refractivity contribution in [1.29, 1.82) is 0 Å². The van der Waals surface area contributed by atoms with Crippen molar-refractivity contribution in [2.75, 3.05) is 13.2 Å². The van der Waals surface area contributed by atoms with Gasteiger partial charge in [-0.3, -0.25) is 0 Å². The largest absolute Gasteiger partial charge is 0.459 e. The molecular formula is C13H12F4O3. The van der Waals surface area contributed by atoms with Gasteiger partial charge in [0.1, 0.15) is 11.9 Å². The minimum Gasteiger partial charge on any atom is -0.459 e. The van der Waals surface area contributed by atoms with E-state index in [-0.39, 0.29) is 0 Å². The maximum Gasteiger partial charge on any atom is 0.416 e. The first kappa shape index (κ1) is 14.8. The molecule has 0 spiro atoms. The van der Waals surface area contributed by atoms with Crippen LogP contribution in [0.25, 0.3) is 0 Å². The summed E-state index contributed by atoms with van der Waals surface area (Å²) < 4.78 is 61.1. The average molecular weight is 292 g/mol. The summed E-state index contributed by atoms with van der Waals surface area (Å²) in [7, 11) is 0. The van der Waals surface area contributed by atoms with E-state index in [1.165, 1.54) is 0 Å². The van der Waals surface area contributed by atoms with Gasteiger partial charge < -0.3 is 9.47 Å². The molecule has 0 atom stereocenters. The number of alkyl halides is 3. The molecule has 0 bridgehead atoms. The minimum absolute atomic E-state index is 0.406. The van der Waals surface area contributed by atoms with Crippen LogP contribution < -0.4 is 0 Å². The third-order valence-electron chi connectivity index (χ3n) is 2.96. The summed E-state index contributed by atoms with van der Waals surface area (Å²) in [5.74, 6) is -2.12. The van der Waals surface area contributed by atoms with E-state index < -0.39 is 35.2 Å². The maximum absolute atomic E-state index is 13.5. The molecule has 1 aromatic rings. The van der Waals surface area contributed by atoms with Gasteiger partial charge in [0.2, 0.25) is 0 Å². The lowest BCUT2D eigenvalue weighted by molar-refractivity contribution is -0.137. The van der Waals surface area contributed by atoms with Gasteiger partial charge in [-0.05, 0) is 18.2 Å². The van der Waals surface area contributed by atoms with E-state index >= 15 is 0 Å². The van der Waals surface area contributed by atoms with Crippen molar-refractivity contribution in [3.63, 3.8) is 0 Å². The van der Waals surface area contributed by atoms with E-state index in [9.17, 15) is 22.4 Å². The van der Waals surface area contributed by atoms with Gasteiger partial charge in [-0.15, -0.1) is 0 Å². The van der Waals surface area contributed by atoms with Gasteiger partial charge in [0.15, 0.2) is 0 Å². The number of halogens is 4. The molecule has 1 heterocycles. The van der Waals surface area contributed by atoms with Gasteiger partial charge in [-0.2, -0.15) is 13.2 Å². The number of hydrogen-bond donors (Lipinski definition) is 0. The first-order chi connectivity index (χ1) is 9.38. The van der Waals surface area contributed by atoms with Crippen LogP contribution in [-0.4, -0.2) is 25.3 Å². The lowest BCUT2D eigenvalue weighted by Gasteiger charge is -2.22. The molecule has 1 fully saturated rings. The predicted octanol–water partition coefficient (Wildman–Crippen LogP) is 3.18. The zero-order chi connectivity index (χ0) is 14.8. The van der Waals surface area contributed by atoms with Gasteiger partial charge in [-0.1, -0.05) is 0 Å². The SMILES string of the molecule is O=C(OC1CCOCC1)c1cc(C(F)(F)F)ccc1F. The molecule has 0 saturated carbocycles. The van der Waals surface area contributed by atoms with Crippen molar-refractivity contribution in [1.82, 2.24) is 0 Å². The molecule has 110 valence electrons. The monoisotopic (exact) mass is 292 g/mol. The van der Waals surface area contributed by atoms with Gasteiger partial charge in [0, 0.05) is 12.8 Å². The molecule has 0 unspecified atom stereocenters. The number of carbonyl (C=O) groups excluding carboxylic acids is 1. The summed E-state index contributed by atoms with van der Waals surface area (Å²) in [6, 6.07) is 1.67. The van der Waals surface area contributed by atoms with E-state index in [1.54, 1.807) is 0 Å². The van der Waals surface area contributed by atoms with E-state index in [0.717, 1.165) is 0 Å². The Morgan fingerprint density at radius 2 is 1.90 bits per heavy atom. The number of esters is 1. The molecule has 0 radical (unpaired) electrons. The molecule has 3 nitrogen and oxygen atoms in total. The standard InChI is InChI=1S/C13H12F4O3/c14-11-2-1-8(13(15,16)17)7-10(11)12(18)20-9-3-5-19-6-4-9/h1-2,7,9H,3-6H2. The van der Waals surface area contributed by atoms with Crippen molar-refractivity contribution >= 4 is 5.97 Å². The highest BCUT2D eigenvalue weighted by Gasteiger charge is 2.32. The van der Waals surface area contributed by atoms with Gasteiger partial charge in [0.05, 0.1) is 24.3 Å². The molecule has 0 amide bonds. The van der Waals surface area contributed by atoms with Crippen LogP contribution in [0.1, 0.15) is 28.8 Å². The van der Waals surface area contributed by atoms with E-state index in [2.05, 4.69) is 0 Å². The fourth-order valence-electron chi connectivity index (χ4n) is 1.87. The topological polar surface area (TPSA) is 35.5 Å². The van der Waals surface area contributed by atoms with E-state index in [0.29, 0.717) is 44.3 Å². The highest BCUT2D eigenvalue weighted by molar-refractivity contribution is 5.90. The number of hydrogen-bond acceptors (Lipinski definition) is 3. The first-order valence-corrected chi connectivity index (χ1v) is 6.03. The molecule has 20 heavy (non-hydrogen) atoms. The number of rotatable bonds is 2. The van der Waals surface area contributed by atoms with Gasteiger partial charge >= 0.3 is 12.1 Å². The third-order valence-corrected chi connectivity index (χ3v) is 2.96. The zero-order valence-corrected chi connectivity index (χ0v) is 10.4. The first-order valence-electron chi connectivity index (χ1n) is 6.03. The Hall–Kier alpha value is -1.63. The lowest BCUT2D eigenvalue weighted by Crippen LogP contribution is -2.26. The van der Waals surface area contributed by atoms with Gasteiger partial charge in [-0.25, -0.2) is 9.18 Å². The predicted molar refractivity (Wildman–Crippen MR) is 60.7 cm³/mol. The second kappa shape index (κ2) is 5.78. The molecule has 2 rings (SSSR count). The highest BCUT2D eigenvalue weighted by Crippen LogP contribution is 2.30. The minimum atomic E-state index is -4.64. The highest BCUT2D eigenvalue weighted by atomic mass is 19.4. The summed E-state index contributed by atoms with van der Waals surface area (Å²) in [5, 5.41) is 0. The summed E-state index contributed by atoms with van der Waals surface area (Å²) in [6.07, 6.45) is -4.19. The Morgan fingerprint density at radius 3 is 2.50 bits per heavy atom. The van der Waals surface area contributed by atoms with Gasteiger partial charge in [0.25, 0.3) is 0 Å². The normalized spacial score (nSPS) is 17.0. The average Bonchev–Trinajstić information content (AvgIpc) is 2.39. The summed E-state index contributed by atoms with van der Waals surface area (Å²) in [5.41, 5.74) is -1.79. The number of carbonyl (C=O) groups is 1. The van der Waals surface area contributed by atoms with Crippen molar-refractivity contribution in [3.05, 3.63) is 35.1 Å². The molecule has 0 aromatic heterocycles. The Bertz CT molecular complexity index is 493. The Kier molecular flexibility index (Phi) is 4.27. The molecule has 1 aliphatic heterocycles. The number of benzene rings is 1. The van der Waals surface area contributed by atoms with Crippen LogP contribution in [0.5, 0.6) is 0 Å². The molecule has 1 saturated heterocycles. The van der Waals surface area contributed by atoms with E-state index in [1.807, 2.05) is 0 Å². The van der Waals surface area contributed by atoms with Crippen LogP contribution in [0.3, 0.4) is 0 Å². The fourth-order valence-corrected chi connectivity index (χ4v) is 1.87. The van der Waals surface area contributed by atoms with Crippen molar-refractivity contribution in [2.45, 2.75) is 25.1 Å². The van der Waals surface area contributed by atoms with Crippen molar-refractivity contribution < 1.29 is 31.8 Å². The second-order valence-electron chi connectivity index (χ2n) is 4.41. The molecular weight excluding hydrogens is 280 g/mol. The van der Waals surface area contributed by atoms with Crippen LogP contribution in [0, 0.1) is 5.82 Å².